The van der Waals surface area contributed by atoms with E-state index in [1.807, 2.05) is 18.2 Å². The van der Waals surface area contributed by atoms with E-state index in [0.29, 0.717) is 23.4 Å². The number of carbonyl (C=O) groups excluding carboxylic acids is 1. The van der Waals surface area contributed by atoms with Crippen molar-refractivity contribution in [3.63, 3.8) is 0 Å². The lowest BCUT2D eigenvalue weighted by atomic mass is 10.0. The second kappa shape index (κ2) is 5.83. The van der Waals surface area contributed by atoms with Crippen molar-refractivity contribution >= 4 is 28.4 Å². The summed E-state index contributed by atoms with van der Waals surface area (Å²) in [5.74, 6) is -0.334. The Labute approximate surface area is 149 Å². The number of rotatable bonds is 3. The van der Waals surface area contributed by atoms with E-state index in [1.54, 1.807) is 30.6 Å². The van der Waals surface area contributed by atoms with Gasteiger partial charge < -0.3 is 5.32 Å². The molecule has 1 aromatic carbocycles. The number of nitrogens with one attached hydrogen (secondary N) is 1. The standard InChI is InChI=1S/C19H13ClN4O/c20-14-4-1-12(2-5-14)15-10-22-9-13-3-6-16(23-17(13)15)18(25)24-19(11-21)7-8-19/h1-6,9-10H,7-8H2,(H,24,25). The number of aromatic nitrogens is 2. The molecule has 1 aliphatic carbocycles. The first-order chi connectivity index (χ1) is 12.1. The van der Waals surface area contributed by atoms with Crippen LogP contribution in [0, 0.1) is 11.3 Å². The van der Waals surface area contributed by atoms with Crippen molar-refractivity contribution < 1.29 is 4.79 Å². The molecule has 1 N–H and O–H groups in total. The Morgan fingerprint density at radius 1 is 1.16 bits per heavy atom. The van der Waals surface area contributed by atoms with Gasteiger partial charge in [-0.3, -0.25) is 9.78 Å². The molecule has 0 bridgehead atoms. The molecular formula is C19H13ClN4O. The zero-order chi connectivity index (χ0) is 17.4. The van der Waals surface area contributed by atoms with Crippen LogP contribution < -0.4 is 5.32 Å². The first-order valence-electron chi connectivity index (χ1n) is 7.85. The van der Waals surface area contributed by atoms with Gasteiger partial charge in [0.2, 0.25) is 0 Å². The van der Waals surface area contributed by atoms with E-state index in [9.17, 15) is 4.79 Å². The quantitative estimate of drug-likeness (QED) is 0.782. The summed E-state index contributed by atoms with van der Waals surface area (Å²) >= 11 is 5.95. The molecule has 6 heteroatoms. The van der Waals surface area contributed by atoms with Crippen molar-refractivity contribution in [1.29, 1.82) is 5.26 Å². The zero-order valence-electron chi connectivity index (χ0n) is 13.2. The number of benzene rings is 1. The maximum atomic E-state index is 12.4. The van der Waals surface area contributed by atoms with Crippen LogP contribution in [-0.4, -0.2) is 21.4 Å². The molecule has 122 valence electrons. The molecule has 3 aromatic rings. The number of amides is 1. The topological polar surface area (TPSA) is 78.7 Å². The number of carbonyl (C=O) groups is 1. The molecular weight excluding hydrogens is 336 g/mol. The molecule has 5 nitrogen and oxygen atoms in total. The van der Waals surface area contributed by atoms with E-state index in [4.69, 9.17) is 16.9 Å². The number of nitriles is 1. The average Bonchev–Trinajstić information content (AvgIpc) is 3.41. The molecule has 0 unspecified atom stereocenters. The smallest absolute Gasteiger partial charge is 0.271 e. The molecule has 2 aromatic heterocycles. The Morgan fingerprint density at radius 2 is 1.92 bits per heavy atom. The van der Waals surface area contributed by atoms with Crippen LogP contribution in [0.1, 0.15) is 23.3 Å². The van der Waals surface area contributed by atoms with Gasteiger partial charge in [-0.05, 0) is 42.7 Å². The summed E-state index contributed by atoms with van der Waals surface area (Å²) in [5.41, 5.74) is 2.00. The van der Waals surface area contributed by atoms with Crippen molar-refractivity contribution in [2.45, 2.75) is 18.4 Å². The predicted octanol–water partition coefficient (Wildman–Crippen LogP) is 3.74. The van der Waals surface area contributed by atoms with Gasteiger partial charge in [0.15, 0.2) is 0 Å². The third-order valence-electron chi connectivity index (χ3n) is 4.30. The Morgan fingerprint density at radius 3 is 2.60 bits per heavy atom. The predicted molar refractivity (Wildman–Crippen MR) is 95.0 cm³/mol. The summed E-state index contributed by atoms with van der Waals surface area (Å²) in [6.07, 6.45) is 4.80. The highest BCUT2D eigenvalue weighted by Crippen LogP contribution is 2.34. The average molecular weight is 349 g/mol. The van der Waals surface area contributed by atoms with Gasteiger partial charge in [0.25, 0.3) is 5.91 Å². The minimum Gasteiger partial charge on any atom is -0.332 e. The van der Waals surface area contributed by atoms with Crippen LogP contribution >= 0.6 is 11.6 Å². The Bertz CT molecular complexity index is 1020. The van der Waals surface area contributed by atoms with Gasteiger partial charge in [-0.1, -0.05) is 23.7 Å². The second-order valence-corrected chi connectivity index (χ2v) is 6.55. The van der Waals surface area contributed by atoms with Crippen molar-refractivity contribution in [3.05, 3.63) is 59.5 Å². The Balaban J connectivity index is 1.77. The van der Waals surface area contributed by atoms with Crippen LogP contribution in [0.3, 0.4) is 0 Å². The monoisotopic (exact) mass is 348 g/mol. The Hall–Kier alpha value is -2.97. The van der Waals surface area contributed by atoms with E-state index in [2.05, 4.69) is 21.4 Å². The van der Waals surface area contributed by atoms with Crippen molar-refractivity contribution in [1.82, 2.24) is 15.3 Å². The van der Waals surface area contributed by atoms with E-state index in [-0.39, 0.29) is 11.6 Å². The maximum absolute atomic E-state index is 12.4. The number of halogens is 1. The first kappa shape index (κ1) is 15.6. The molecule has 25 heavy (non-hydrogen) atoms. The maximum Gasteiger partial charge on any atom is 0.271 e. The highest BCUT2D eigenvalue weighted by molar-refractivity contribution is 6.30. The number of fused-ring (bicyclic) bond motifs is 1. The molecule has 0 saturated heterocycles. The van der Waals surface area contributed by atoms with Gasteiger partial charge >= 0.3 is 0 Å². The number of pyridine rings is 2. The molecule has 1 aliphatic rings. The fourth-order valence-corrected chi connectivity index (χ4v) is 2.81. The molecule has 1 saturated carbocycles. The number of nitrogens with zero attached hydrogens (tertiary/aromatic N) is 3. The minimum atomic E-state index is -0.717. The lowest BCUT2D eigenvalue weighted by Crippen LogP contribution is -2.36. The molecule has 0 radical (unpaired) electrons. The largest absolute Gasteiger partial charge is 0.332 e. The van der Waals surface area contributed by atoms with Crippen LogP contribution in [0.4, 0.5) is 0 Å². The second-order valence-electron chi connectivity index (χ2n) is 6.11. The van der Waals surface area contributed by atoms with Gasteiger partial charge in [0, 0.05) is 28.4 Å². The summed E-state index contributed by atoms with van der Waals surface area (Å²) in [4.78, 5) is 21.2. The van der Waals surface area contributed by atoms with E-state index in [0.717, 1.165) is 16.5 Å². The van der Waals surface area contributed by atoms with Crippen LogP contribution in [0.2, 0.25) is 5.02 Å². The summed E-state index contributed by atoms with van der Waals surface area (Å²) in [6, 6.07) is 13.0. The number of hydrogen-bond donors (Lipinski definition) is 1. The van der Waals surface area contributed by atoms with Gasteiger partial charge in [0.1, 0.15) is 11.2 Å². The summed E-state index contributed by atoms with van der Waals surface area (Å²) in [6.45, 7) is 0. The fraction of sp³-hybridized carbons (Fsp3) is 0.158. The van der Waals surface area contributed by atoms with Gasteiger partial charge in [-0.2, -0.15) is 5.26 Å². The molecule has 1 amide bonds. The molecule has 1 fully saturated rings. The highest BCUT2D eigenvalue weighted by Gasteiger charge is 2.44. The van der Waals surface area contributed by atoms with Crippen LogP contribution in [0.25, 0.3) is 22.0 Å². The first-order valence-corrected chi connectivity index (χ1v) is 8.22. The van der Waals surface area contributed by atoms with Crippen LogP contribution in [0.15, 0.2) is 48.8 Å². The summed E-state index contributed by atoms with van der Waals surface area (Å²) in [5, 5.41) is 13.4. The molecule has 2 heterocycles. The fourth-order valence-electron chi connectivity index (χ4n) is 2.68. The van der Waals surface area contributed by atoms with Gasteiger partial charge in [0.05, 0.1) is 11.6 Å². The lowest BCUT2D eigenvalue weighted by Gasteiger charge is -2.10. The van der Waals surface area contributed by atoms with E-state index in [1.165, 1.54) is 0 Å². The van der Waals surface area contributed by atoms with Crippen molar-refractivity contribution in [2.75, 3.05) is 0 Å². The number of hydrogen-bond acceptors (Lipinski definition) is 4. The highest BCUT2D eigenvalue weighted by atomic mass is 35.5. The third kappa shape index (κ3) is 2.92. The zero-order valence-corrected chi connectivity index (χ0v) is 13.9. The Kier molecular flexibility index (Phi) is 3.63. The van der Waals surface area contributed by atoms with Crippen LogP contribution in [0.5, 0.6) is 0 Å². The molecule has 4 rings (SSSR count). The summed E-state index contributed by atoms with van der Waals surface area (Å²) in [7, 11) is 0. The third-order valence-corrected chi connectivity index (χ3v) is 4.56. The molecule has 0 atom stereocenters. The lowest BCUT2D eigenvalue weighted by molar-refractivity contribution is 0.0937. The van der Waals surface area contributed by atoms with Crippen molar-refractivity contribution in [3.8, 4) is 17.2 Å². The van der Waals surface area contributed by atoms with Gasteiger partial charge in [-0.15, -0.1) is 0 Å². The molecule has 0 aliphatic heterocycles. The SMILES string of the molecule is N#CC1(NC(=O)c2ccc3cncc(-c4ccc(Cl)cc4)c3n2)CC1. The normalized spacial score (nSPS) is 14.7. The van der Waals surface area contributed by atoms with E-state index < -0.39 is 5.54 Å². The van der Waals surface area contributed by atoms with E-state index >= 15 is 0 Å². The molecule has 0 spiro atoms. The minimum absolute atomic E-state index is 0.287. The van der Waals surface area contributed by atoms with Crippen molar-refractivity contribution in [2.24, 2.45) is 0 Å². The summed E-state index contributed by atoms with van der Waals surface area (Å²) < 4.78 is 0. The van der Waals surface area contributed by atoms with Crippen LogP contribution in [-0.2, 0) is 0 Å². The van der Waals surface area contributed by atoms with Gasteiger partial charge in [-0.25, -0.2) is 4.98 Å².